The normalized spacial score (nSPS) is 26.7. The molecule has 0 spiro atoms. The van der Waals surface area contributed by atoms with E-state index in [9.17, 15) is 0 Å². The van der Waals surface area contributed by atoms with Crippen molar-refractivity contribution in [1.82, 2.24) is 4.98 Å². The second-order valence-corrected chi connectivity index (χ2v) is 4.72. The van der Waals surface area contributed by atoms with Gasteiger partial charge in [0.2, 0.25) is 0 Å². The topological polar surface area (TPSA) is 34.1 Å². The van der Waals surface area contributed by atoms with Gasteiger partial charge in [-0.2, -0.15) is 0 Å². The fraction of sp³-hybridized carbons (Fsp3) is 0.667. The SMILES string of the molecule is CCc1csc(NC2COCC2Cl)n1. The molecule has 0 aliphatic carbocycles. The molecule has 5 heteroatoms. The molecule has 2 unspecified atom stereocenters. The molecule has 3 nitrogen and oxygen atoms in total. The summed E-state index contributed by atoms with van der Waals surface area (Å²) in [6.45, 7) is 3.41. The smallest absolute Gasteiger partial charge is 0.183 e. The Morgan fingerprint density at radius 2 is 2.57 bits per heavy atom. The Bertz CT molecular complexity index is 305. The summed E-state index contributed by atoms with van der Waals surface area (Å²) in [7, 11) is 0. The van der Waals surface area contributed by atoms with Crippen molar-refractivity contribution in [3.8, 4) is 0 Å². The summed E-state index contributed by atoms with van der Waals surface area (Å²) >= 11 is 7.68. The first-order chi connectivity index (χ1) is 6.79. The number of aryl methyl sites for hydroxylation is 1. The van der Waals surface area contributed by atoms with Crippen LogP contribution in [0.2, 0.25) is 0 Å². The number of ether oxygens (including phenoxy) is 1. The number of nitrogens with one attached hydrogen (secondary N) is 1. The van der Waals surface area contributed by atoms with Crippen molar-refractivity contribution in [2.45, 2.75) is 24.8 Å². The third-order valence-corrected chi connectivity index (χ3v) is 3.49. The van der Waals surface area contributed by atoms with Gasteiger partial charge in [-0.15, -0.1) is 22.9 Å². The van der Waals surface area contributed by atoms with E-state index in [2.05, 4.69) is 22.6 Å². The summed E-state index contributed by atoms with van der Waals surface area (Å²) in [6.07, 6.45) is 0.976. The van der Waals surface area contributed by atoms with Gasteiger partial charge in [0.1, 0.15) is 0 Å². The van der Waals surface area contributed by atoms with Crippen LogP contribution >= 0.6 is 22.9 Å². The lowest BCUT2D eigenvalue weighted by atomic mass is 10.3. The number of nitrogens with zero attached hydrogens (tertiary/aromatic N) is 1. The van der Waals surface area contributed by atoms with Gasteiger partial charge in [0.15, 0.2) is 5.13 Å². The number of alkyl halides is 1. The molecular formula is C9H13ClN2OS. The standard InChI is InChI=1S/C9H13ClN2OS/c1-2-6-5-14-9(11-6)12-8-4-13-3-7(8)10/h5,7-8H,2-4H2,1H3,(H,11,12). The summed E-state index contributed by atoms with van der Waals surface area (Å²) in [5, 5.41) is 6.37. The van der Waals surface area contributed by atoms with Gasteiger partial charge in [0, 0.05) is 5.38 Å². The second-order valence-electron chi connectivity index (χ2n) is 3.30. The zero-order valence-corrected chi connectivity index (χ0v) is 9.57. The molecular weight excluding hydrogens is 220 g/mol. The molecule has 1 fully saturated rings. The van der Waals surface area contributed by atoms with Gasteiger partial charge in [-0.1, -0.05) is 6.92 Å². The highest BCUT2D eigenvalue weighted by Crippen LogP contribution is 2.21. The fourth-order valence-corrected chi connectivity index (χ4v) is 2.44. The average molecular weight is 233 g/mol. The molecule has 0 amide bonds. The first-order valence-corrected chi connectivity index (χ1v) is 6.04. The van der Waals surface area contributed by atoms with Crippen LogP contribution in [0.5, 0.6) is 0 Å². The van der Waals surface area contributed by atoms with Gasteiger partial charge in [0.05, 0.1) is 30.3 Å². The Morgan fingerprint density at radius 3 is 3.14 bits per heavy atom. The number of hydrogen-bond acceptors (Lipinski definition) is 4. The second kappa shape index (κ2) is 4.47. The van der Waals surface area contributed by atoms with E-state index in [0.717, 1.165) is 17.2 Å². The van der Waals surface area contributed by atoms with E-state index < -0.39 is 0 Å². The van der Waals surface area contributed by atoms with Crippen molar-refractivity contribution in [3.63, 3.8) is 0 Å². The number of aromatic nitrogens is 1. The molecule has 1 aromatic rings. The lowest BCUT2D eigenvalue weighted by molar-refractivity contribution is 0.196. The van der Waals surface area contributed by atoms with E-state index in [1.165, 1.54) is 0 Å². The van der Waals surface area contributed by atoms with Gasteiger partial charge < -0.3 is 10.1 Å². The van der Waals surface area contributed by atoms with Crippen LogP contribution in [-0.4, -0.2) is 29.6 Å². The van der Waals surface area contributed by atoms with Crippen molar-refractivity contribution in [3.05, 3.63) is 11.1 Å². The molecule has 0 saturated carbocycles. The van der Waals surface area contributed by atoms with Gasteiger partial charge in [0.25, 0.3) is 0 Å². The van der Waals surface area contributed by atoms with Gasteiger partial charge >= 0.3 is 0 Å². The molecule has 1 aromatic heterocycles. The van der Waals surface area contributed by atoms with E-state index in [4.69, 9.17) is 16.3 Å². The van der Waals surface area contributed by atoms with Crippen LogP contribution in [0.3, 0.4) is 0 Å². The summed E-state index contributed by atoms with van der Waals surface area (Å²) in [6, 6.07) is 0.201. The Hall–Kier alpha value is -0.320. The maximum Gasteiger partial charge on any atom is 0.183 e. The Morgan fingerprint density at radius 1 is 1.71 bits per heavy atom. The Balaban J connectivity index is 1.96. The van der Waals surface area contributed by atoms with E-state index in [1.54, 1.807) is 11.3 Å². The highest BCUT2D eigenvalue weighted by atomic mass is 35.5. The van der Waals surface area contributed by atoms with Crippen molar-refractivity contribution >= 4 is 28.1 Å². The first-order valence-electron chi connectivity index (χ1n) is 4.72. The minimum absolute atomic E-state index is 0.0592. The van der Waals surface area contributed by atoms with E-state index in [-0.39, 0.29) is 11.4 Å². The summed E-state index contributed by atoms with van der Waals surface area (Å²) < 4.78 is 5.26. The van der Waals surface area contributed by atoms with E-state index in [1.807, 2.05) is 0 Å². The molecule has 1 N–H and O–H groups in total. The lowest BCUT2D eigenvalue weighted by Crippen LogP contribution is -2.28. The molecule has 0 aromatic carbocycles. The molecule has 2 atom stereocenters. The van der Waals surface area contributed by atoms with Crippen LogP contribution < -0.4 is 5.32 Å². The number of hydrogen-bond donors (Lipinski definition) is 1. The van der Waals surface area contributed by atoms with Crippen molar-refractivity contribution < 1.29 is 4.74 Å². The highest BCUT2D eigenvalue weighted by molar-refractivity contribution is 7.13. The lowest BCUT2D eigenvalue weighted by Gasteiger charge is -2.12. The number of anilines is 1. The molecule has 14 heavy (non-hydrogen) atoms. The molecule has 78 valence electrons. The predicted molar refractivity (Wildman–Crippen MR) is 59.4 cm³/mol. The Labute approximate surface area is 92.4 Å². The minimum atomic E-state index is 0.0592. The largest absolute Gasteiger partial charge is 0.378 e. The molecule has 0 radical (unpaired) electrons. The quantitative estimate of drug-likeness (QED) is 0.811. The first kappa shape index (κ1) is 10.2. The van der Waals surface area contributed by atoms with Crippen LogP contribution in [0.4, 0.5) is 5.13 Å². The highest BCUT2D eigenvalue weighted by Gasteiger charge is 2.26. The summed E-state index contributed by atoms with van der Waals surface area (Å²) in [4.78, 5) is 4.42. The van der Waals surface area contributed by atoms with Gasteiger partial charge in [-0.3, -0.25) is 0 Å². The van der Waals surface area contributed by atoms with Crippen LogP contribution in [0.25, 0.3) is 0 Å². The van der Waals surface area contributed by atoms with Crippen molar-refractivity contribution in [1.29, 1.82) is 0 Å². The predicted octanol–water partition coefficient (Wildman–Crippen LogP) is 2.12. The fourth-order valence-electron chi connectivity index (χ4n) is 1.35. The van der Waals surface area contributed by atoms with Crippen molar-refractivity contribution in [2.75, 3.05) is 18.5 Å². The maximum absolute atomic E-state index is 6.06. The molecule has 1 aliphatic heterocycles. The Kier molecular flexibility index (Phi) is 3.26. The minimum Gasteiger partial charge on any atom is -0.378 e. The third-order valence-electron chi connectivity index (χ3n) is 2.23. The molecule has 2 rings (SSSR count). The summed E-state index contributed by atoms with van der Waals surface area (Å²) in [5.74, 6) is 0. The van der Waals surface area contributed by atoms with Crippen LogP contribution in [0, 0.1) is 0 Å². The zero-order valence-electron chi connectivity index (χ0n) is 8.00. The number of thiazole rings is 1. The van der Waals surface area contributed by atoms with Crippen LogP contribution in [0.1, 0.15) is 12.6 Å². The monoisotopic (exact) mass is 232 g/mol. The molecule has 2 heterocycles. The number of halogens is 1. The van der Waals surface area contributed by atoms with Gasteiger partial charge in [-0.25, -0.2) is 4.98 Å². The van der Waals surface area contributed by atoms with Crippen LogP contribution in [0.15, 0.2) is 5.38 Å². The van der Waals surface area contributed by atoms with E-state index >= 15 is 0 Å². The third kappa shape index (κ3) is 2.19. The zero-order chi connectivity index (χ0) is 9.97. The van der Waals surface area contributed by atoms with E-state index in [0.29, 0.717) is 13.2 Å². The summed E-state index contributed by atoms with van der Waals surface area (Å²) in [5.41, 5.74) is 1.13. The van der Waals surface area contributed by atoms with Gasteiger partial charge in [-0.05, 0) is 6.42 Å². The maximum atomic E-state index is 6.06. The van der Waals surface area contributed by atoms with Crippen LogP contribution in [-0.2, 0) is 11.2 Å². The van der Waals surface area contributed by atoms with Crippen molar-refractivity contribution in [2.24, 2.45) is 0 Å². The molecule has 0 bridgehead atoms. The number of rotatable bonds is 3. The average Bonchev–Trinajstić information content (AvgIpc) is 2.77. The molecule has 1 saturated heterocycles. The molecule has 1 aliphatic rings.